The van der Waals surface area contributed by atoms with Gasteiger partial charge in [0, 0.05) is 29.6 Å². The van der Waals surface area contributed by atoms with E-state index in [9.17, 15) is 13.2 Å². The van der Waals surface area contributed by atoms with Crippen molar-refractivity contribution in [2.45, 2.75) is 19.5 Å². The summed E-state index contributed by atoms with van der Waals surface area (Å²) >= 11 is 1.49. The van der Waals surface area contributed by atoms with E-state index in [2.05, 4.69) is 4.98 Å². The van der Waals surface area contributed by atoms with Crippen LogP contribution in [-0.2, 0) is 6.54 Å². The van der Waals surface area contributed by atoms with E-state index in [-0.39, 0.29) is 12.1 Å². The minimum absolute atomic E-state index is 0.0565. The molecule has 21 heavy (non-hydrogen) atoms. The molecular formula is C14H16F3N3S. The fourth-order valence-electron chi connectivity index (χ4n) is 2.15. The van der Waals surface area contributed by atoms with Crippen molar-refractivity contribution >= 4 is 11.3 Å². The Morgan fingerprint density at radius 2 is 1.90 bits per heavy atom. The van der Waals surface area contributed by atoms with Crippen LogP contribution >= 0.6 is 11.3 Å². The third kappa shape index (κ3) is 3.42. The zero-order chi connectivity index (χ0) is 15.6. The largest absolute Gasteiger partial charge is 0.329 e. The molecule has 0 radical (unpaired) electrons. The molecule has 0 bridgehead atoms. The third-order valence-corrected chi connectivity index (χ3v) is 4.31. The highest BCUT2D eigenvalue weighted by Crippen LogP contribution is 2.26. The molecule has 1 unspecified atom stereocenters. The molecule has 0 fully saturated rings. The molecular weight excluding hydrogens is 299 g/mol. The van der Waals surface area contributed by atoms with Crippen molar-refractivity contribution in [3.8, 4) is 0 Å². The predicted molar refractivity (Wildman–Crippen MR) is 76.4 cm³/mol. The van der Waals surface area contributed by atoms with Gasteiger partial charge in [0.05, 0.1) is 17.2 Å². The number of thiazole rings is 1. The van der Waals surface area contributed by atoms with Crippen molar-refractivity contribution < 1.29 is 13.2 Å². The second-order valence-electron chi connectivity index (χ2n) is 4.82. The Hall–Kier alpha value is -1.44. The fourth-order valence-corrected chi connectivity index (χ4v) is 2.99. The summed E-state index contributed by atoms with van der Waals surface area (Å²) in [5.74, 6) is -3.07. The smallest absolute Gasteiger partial charge is 0.161 e. The van der Waals surface area contributed by atoms with Gasteiger partial charge < -0.3 is 5.73 Å². The van der Waals surface area contributed by atoms with E-state index in [0.29, 0.717) is 12.6 Å². The second kappa shape index (κ2) is 6.55. The minimum atomic E-state index is -1.20. The maximum Gasteiger partial charge on any atom is 0.161 e. The first-order valence-electron chi connectivity index (χ1n) is 6.37. The summed E-state index contributed by atoms with van der Waals surface area (Å²) in [6.45, 7) is 2.49. The molecule has 1 heterocycles. The summed E-state index contributed by atoms with van der Waals surface area (Å²) in [6.07, 6.45) is 0. The van der Waals surface area contributed by atoms with Gasteiger partial charge in [-0.2, -0.15) is 0 Å². The lowest BCUT2D eigenvalue weighted by Crippen LogP contribution is -2.31. The Morgan fingerprint density at radius 3 is 2.48 bits per heavy atom. The van der Waals surface area contributed by atoms with Crippen LogP contribution in [0.2, 0.25) is 0 Å². The van der Waals surface area contributed by atoms with Crippen LogP contribution in [0.15, 0.2) is 17.6 Å². The van der Waals surface area contributed by atoms with Gasteiger partial charge in [0.25, 0.3) is 0 Å². The average molecular weight is 315 g/mol. The molecule has 0 amide bonds. The van der Waals surface area contributed by atoms with Gasteiger partial charge in [-0.25, -0.2) is 18.2 Å². The summed E-state index contributed by atoms with van der Waals surface area (Å²) in [7, 11) is 1.76. The van der Waals surface area contributed by atoms with Crippen LogP contribution < -0.4 is 5.73 Å². The maximum absolute atomic E-state index is 13.9. The number of nitrogens with two attached hydrogens (primary N) is 1. The Morgan fingerprint density at radius 1 is 1.24 bits per heavy atom. The Labute approximate surface area is 125 Å². The first-order chi connectivity index (χ1) is 9.93. The monoisotopic (exact) mass is 315 g/mol. The highest BCUT2D eigenvalue weighted by molar-refractivity contribution is 7.09. The van der Waals surface area contributed by atoms with Crippen LogP contribution in [0.25, 0.3) is 0 Å². The molecule has 0 spiro atoms. The molecule has 7 heteroatoms. The molecule has 3 nitrogen and oxygen atoms in total. The first kappa shape index (κ1) is 15.9. The molecule has 0 saturated carbocycles. The summed E-state index contributed by atoms with van der Waals surface area (Å²) in [6, 6.07) is 0.888. The number of halogens is 3. The maximum atomic E-state index is 13.9. The van der Waals surface area contributed by atoms with Gasteiger partial charge >= 0.3 is 0 Å². The van der Waals surface area contributed by atoms with Crippen LogP contribution in [0, 0.1) is 24.4 Å². The minimum Gasteiger partial charge on any atom is -0.329 e. The van der Waals surface area contributed by atoms with Gasteiger partial charge in [-0.05, 0) is 20.0 Å². The molecule has 1 atom stereocenters. The van der Waals surface area contributed by atoms with Gasteiger partial charge in [0.15, 0.2) is 11.6 Å². The highest BCUT2D eigenvalue weighted by atomic mass is 32.1. The second-order valence-corrected chi connectivity index (χ2v) is 5.75. The topological polar surface area (TPSA) is 42.2 Å². The zero-order valence-electron chi connectivity index (χ0n) is 11.7. The Bertz CT molecular complexity index is 630. The number of aryl methyl sites for hydroxylation is 1. The zero-order valence-corrected chi connectivity index (χ0v) is 12.6. The van der Waals surface area contributed by atoms with Crippen LogP contribution in [0.3, 0.4) is 0 Å². The van der Waals surface area contributed by atoms with Gasteiger partial charge in [-0.3, -0.25) is 4.90 Å². The van der Waals surface area contributed by atoms with Gasteiger partial charge in [0.2, 0.25) is 0 Å². The van der Waals surface area contributed by atoms with E-state index in [4.69, 9.17) is 5.73 Å². The van der Waals surface area contributed by atoms with Gasteiger partial charge in [-0.1, -0.05) is 0 Å². The van der Waals surface area contributed by atoms with E-state index in [1.54, 1.807) is 17.5 Å². The van der Waals surface area contributed by atoms with Crippen molar-refractivity contribution in [1.82, 2.24) is 9.88 Å². The van der Waals surface area contributed by atoms with Gasteiger partial charge in [-0.15, -0.1) is 11.3 Å². The molecule has 2 N–H and O–H groups in total. The Balaban J connectivity index is 2.27. The molecule has 1 aromatic heterocycles. The molecule has 2 aromatic rings. The summed E-state index contributed by atoms with van der Waals surface area (Å²) in [5.41, 5.74) is 8.38. The first-order valence-corrected chi connectivity index (χ1v) is 7.25. The van der Waals surface area contributed by atoms with E-state index in [0.717, 1.165) is 16.6 Å². The highest BCUT2D eigenvalue weighted by Gasteiger charge is 2.22. The quantitative estimate of drug-likeness (QED) is 0.863. The van der Waals surface area contributed by atoms with E-state index >= 15 is 0 Å². The molecule has 0 aliphatic rings. The van der Waals surface area contributed by atoms with Crippen molar-refractivity contribution in [3.05, 3.63) is 51.2 Å². The molecule has 0 saturated heterocycles. The number of rotatable bonds is 5. The lowest BCUT2D eigenvalue weighted by Gasteiger charge is -2.27. The number of nitrogens with zero attached hydrogens (tertiary/aromatic N) is 2. The fraction of sp³-hybridized carbons (Fsp3) is 0.357. The van der Waals surface area contributed by atoms with Crippen LogP contribution in [0.5, 0.6) is 0 Å². The van der Waals surface area contributed by atoms with E-state index < -0.39 is 23.5 Å². The summed E-state index contributed by atoms with van der Waals surface area (Å²) in [5, 5.41) is 0. The molecule has 0 aliphatic carbocycles. The number of hydrogen-bond acceptors (Lipinski definition) is 4. The average Bonchev–Trinajstić information content (AvgIpc) is 2.82. The summed E-state index contributed by atoms with van der Waals surface area (Å²) < 4.78 is 40.3. The standard InChI is InChI=1S/C14H16F3N3S/c1-8-14(21-7-19-8)6-20(2)13(5-18)9-3-11(16)12(17)4-10(9)15/h3-4,7,13H,5-6,18H2,1-2H3. The van der Waals surface area contributed by atoms with Crippen molar-refractivity contribution in [1.29, 1.82) is 0 Å². The van der Waals surface area contributed by atoms with E-state index in [1.807, 2.05) is 6.92 Å². The predicted octanol–water partition coefficient (Wildman–Crippen LogP) is 3.00. The number of aromatic nitrogens is 1. The number of benzene rings is 1. The number of likely N-dealkylation sites (N-methyl/N-ethyl adjacent to an activating group) is 1. The molecule has 1 aromatic carbocycles. The normalized spacial score (nSPS) is 12.9. The van der Waals surface area contributed by atoms with Crippen molar-refractivity contribution in [2.75, 3.05) is 13.6 Å². The number of hydrogen-bond donors (Lipinski definition) is 1. The summed E-state index contributed by atoms with van der Waals surface area (Å²) in [4.78, 5) is 6.98. The van der Waals surface area contributed by atoms with Crippen molar-refractivity contribution in [3.63, 3.8) is 0 Å². The Kier molecular flexibility index (Phi) is 4.97. The van der Waals surface area contributed by atoms with Crippen molar-refractivity contribution in [2.24, 2.45) is 5.73 Å². The van der Waals surface area contributed by atoms with Crippen LogP contribution in [0.1, 0.15) is 22.2 Å². The molecule has 2 rings (SSSR count). The lowest BCUT2D eigenvalue weighted by molar-refractivity contribution is 0.237. The van der Waals surface area contributed by atoms with Crippen LogP contribution in [0.4, 0.5) is 13.2 Å². The lowest BCUT2D eigenvalue weighted by atomic mass is 10.0. The van der Waals surface area contributed by atoms with Crippen LogP contribution in [-0.4, -0.2) is 23.5 Å². The van der Waals surface area contributed by atoms with E-state index in [1.165, 1.54) is 11.3 Å². The third-order valence-electron chi connectivity index (χ3n) is 3.39. The molecule has 0 aliphatic heterocycles. The van der Waals surface area contributed by atoms with Gasteiger partial charge in [0.1, 0.15) is 5.82 Å². The molecule has 114 valence electrons. The SMILES string of the molecule is Cc1ncsc1CN(C)C(CN)c1cc(F)c(F)cc1F.